The second kappa shape index (κ2) is 9.11. The van der Waals surface area contributed by atoms with Crippen molar-refractivity contribution in [3.8, 4) is 11.5 Å². The molecule has 2 aromatic carbocycles. The first-order chi connectivity index (χ1) is 12.1. The van der Waals surface area contributed by atoms with Crippen LogP contribution in [0.25, 0.3) is 0 Å². The van der Waals surface area contributed by atoms with Crippen LogP contribution in [-0.4, -0.2) is 20.1 Å². The number of hydrogen-bond acceptors (Lipinski definition) is 3. The van der Waals surface area contributed by atoms with Gasteiger partial charge in [0.1, 0.15) is 0 Å². The summed E-state index contributed by atoms with van der Waals surface area (Å²) in [6.07, 6.45) is 2.19. The van der Waals surface area contributed by atoms with Crippen molar-refractivity contribution in [1.82, 2.24) is 5.32 Å². The maximum atomic E-state index is 12.4. The number of ether oxygens (including phenoxy) is 2. The number of nitrogens with one attached hydrogen (secondary N) is 1. The van der Waals surface area contributed by atoms with Gasteiger partial charge in [0.25, 0.3) is 0 Å². The molecule has 0 aliphatic heterocycles. The molecule has 0 aliphatic carbocycles. The number of methoxy groups -OCH3 is 2. The third-order valence-corrected chi connectivity index (χ3v) is 4.35. The Bertz CT molecular complexity index is 695. The maximum absolute atomic E-state index is 12.4. The molecular weight excluding hydrogens is 314 g/mol. The lowest BCUT2D eigenvalue weighted by Gasteiger charge is -2.19. The van der Waals surface area contributed by atoms with E-state index in [2.05, 4.69) is 31.3 Å². The summed E-state index contributed by atoms with van der Waals surface area (Å²) in [6, 6.07) is 13.9. The van der Waals surface area contributed by atoms with Crippen molar-refractivity contribution >= 4 is 5.91 Å². The van der Waals surface area contributed by atoms with E-state index in [0.29, 0.717) is 17.9 Å². The molecular formula is C21H27NO3. The molecule has 0 saturated heterocycles. The van der Waals surface area contributed by atoms with Crippen LogP contribution in [0.3, 0.4) is 0 Å². The monoisotopic (exact) mass is 341 g/mol. The van der Waals surface area contributed by atoms with E-state index >= 15 is 0 Å². The van der Waals surface area contributed by atoms with Crippen molar-refractivity contribution in [1.29, 1.82) is 0 Å². The van der Waals surface area contributed by atoms with Crippen LogP contribution in [0.1, 0.15) is 43.0 Å². The highest BCUT2D eigenvalue weighted by molar-refractivity contribution is 5.79. The molecule has 0 spiro atoms. The van der Waals surface area contributed by atoms with Crippen molar-refractivity contribution in [3.63, 3.8) is 0 Å². The van der Waals surface area contributed by atoms with Gasteiger partial charge in [-0.25, -0.2) is 0 Å². The smallest absolute Gasteiger partial charge is 0.224 e. The molecule has 0 radical (unpaired) electrons. The quantitative estimate of drug-likeness (QED) is 0.787. The molecule has 2 rings (SSSR count). The lowest BCUT2D eigenvalue weighted by atomic mass is 10.0. The first kappa shape index (κ1) is 18.8. The summed E-state index contributed by atoms with van der Waals surface area (Å²) in [4.78, 5) is 12.4. The second-order valence-corrected chi connectivity index (χ2v) is 5.99. The zero-order valence-corrected chi connectivity index (χ0v) is 15.5. The Morgan fingerprint density at radius 1 is 0.960 bits per heavy atom. The number of benzene rings is 2. The predicted molar refractivity (Wildman–Crippen MR) is 100 cm³/mol. The Balaban J connectivity index is 2.06. The minimum absolute atomic E-state index is 0.0193. The third-order valence-electron chi connectivity index (χ3n) is 4.35. The second-order valence-electron chi connectivity index (χ2n) is 5.99. The number of carbonyl (C=O) groups is 1. The van der Waals surface area contributed by atoms with Gasteiger partial charge in [-0.05, 0) is 41.7 Å². The van der Waals surface area contributed by atoms with Crippen LogP contribution in [0, 0.1) is 0 Å². The average molecular weight is 341 g/mol. The third kappa shape index (κ3) is 4.99. The van der Waals surface area contributed by atoms with Gasteiger partial charge in [-0.15, -0.1) is 0 Å². The minimum atomic E-state index is -0.0535. The van der Waals surface area contributed by atoms with Crippen molar-refractivity contribution in [2.75, 3.05) is 14.2 Å². The Morgan fingerprint density at radius 3 is 2.16 bits per heavy atom. The molecule has 1 atom stereocenters. The molecule has 1 N–H and O–H groups in total. The fourth-order valence-corrected chi connectivity index (χ4v) is 2.81. The summed E-state index contributed by atoms with van der Waals surface area (Å²) in [6.45, 7) is 4.17. The van der Waals surface area contributed by atoms with Gasteiger partial charge < -0.3 is 14.8 Å². The van der Waals surface area contributed by atoms with E-state index < -0.39 is 0 Å². The van der Waals surface area contributed by atoms with E-state index in [1.165, 1.54) is 5.56 Å². The predicted octanol–water partition coefficient (Wildman–Crippen LogP) is 4.08. The van der Waals surface area contributed by atoms with Gasteiger partial charge in [-0.1, -0.05) is 44.2 Å². The molecule has 134 valence electrons. The highest BCUT2D eigenvalue weighted by Gasteiger charge is 2.15. The maximum Gasteiger partial charge on any atom is 0.224 e. The number of aryl methyl sites for hydroxylation is 1. The molecule has 2 aromatic rings. The Morgan fingerprint density at radius 2 is 1.60 bits per heavy atom. The summed E-state index contributed by atoms with van der Waals surface area (Å²) < 4.78 is 10.6. The van der Waals surface area contributed by atoms with Crippen molar-refractivity contribution in [3.05, 3.63) is 59.2 Å². The van der Waals surface area contributed by atoms with Crippen LogP contribution in [0.15, 0.2) is 42.5 Å². The van der Waals surface area contributed by atoms with Crippen LogP contribution in [0.2, 0.25) is 0 Å². The van der Waals surface area contributed by atoms with Crippen molar-refractivity contribution in [2.24, 2.45) is 0 Å². The molecule has 0 heterocycles. The molecule has 0 bridgehead atoms. The minimum Gasteiger partial charge on any atom is -0.493 e. The number of carbonyl (C=O) groups excluding carboxylic acids is 1. The van der Waals surface area contributed by atoms with Gasteiger partial charge in [-0.2, -0.15) is 0 Å². The number of hydrogen-bond donors (Lipinski definition) is 1. The van der Waals surface area contributed by atoms with Crippen molar-refractivity contribution in [2.45, 2.75) is 39.2 Å². The summed E-state index contributed by atoms with van der Waals surface area (Å²) in [5.74, 6) is 1.37. The molecule has 0 unspecified atom stereocenters. The van der Waals surface area contributed by atoms with Crippen LogP contribution < -0.4 is 14.8 Å². The SMILES string of the molecule is CCc1ccc(CC(=O)N[C@@H](CC)c2ccc(OC)c(OC)c2)cc1. The topological polar surface area (TPSA) is 47.6 Å². The van der Waals surface area contributed by atoms with E-state index in [1.807, 2.05) is 30.3 Å². The Kier molecular flexibility index (Phi) is 6.87. The molecule has 0 aromatic heterocycles. The molecule has 0 saturated carbocycles. The molecule has 25 heavy (non-hydrogen) atoms. The zero-order chi connectivity index (χ0) is 18.2. The van der Waals surface area contributed by atoms with Gasteiger partial charge in [0.15, 0.2) is 11.5 Å². The lowest BCUT2D eigenvalue weighted by Crippen LogP contribution is -2.29. The van der Waals surface area contributed by atoms with Crippen LogP contribution in [0.5, 0.6) is 11.5 Å². The van der Waals surface area contributed by atoms with Gasteiger partial charge >= 0.3 is 0 Å². The van der Waals surface area contributed by atoms with E-state index in [4.69, 9.17) is 9.47 Å². The Labute approximate surface area is 150 Å². The van der Waals surface area contributed by atoms with Crippen LogP contribution in [-0.2, 0) is 17.6 Å². The first-order valence-electron chi connectivity index (χ1n) is 8.70. The fourth-order valence-electron chi connectivity index (χ4n) is 2.81. The van der Waals surface area contributed by atoms with Crippen LogP contribution in [0.4, 0.5) is 0 Å². The Hall–Kier alpha value is -2.49. The van der Waals surface area contributed by atoms with Gasteiger partial charge in [-0.3, -0.25) is 4.79 Å². The van der Waals surface area contributed by atoms with Crippen LogP contribution >= 0.6 is 0 Å². The summed E-state index contributed by atoms with van der Waals surface area (Å²) in [5.41, 5.74) is 3.31. The van der Waals surface area contributed by atoms with E-state index in [9.17, 15) is 4.79 Å². The largest absolute Gasteiger partial charge is 0.493 e. The first-order valence-corrected chi connectivity index (χ1v) is 8.70. The highest BCUT2D eigenvalue weighted by atomic mass is 16.5. The number of rotatable bonds is 8. The average Bonchev–Trinajstić information content (AvgIpc) is 2.66. The molecule has 0 aliphatic rings. The van der Waals surface area contributed by atoms with E-state index in [-0.39, 0.29) is 11.9 Å². The lowest BCUT2D eigenvalue weighted by molar-refractivity contribution is -0.121. The van der Waals surface area contributed by atoms with Crippen molar-refractivity contribution < 1.29 is 14.3 Å². The normalized spacial score (nSPS) is 11.7. The summed E-state index contributed by atoms with van der Waals surface area (Å²) in [5, 5.41) is 3.11. The molecule has 4 nitrogen and oxygen atoms in total. The molecule has 4 heteroatoms. The van der Waals surface area contributed by atoms with E-state index in [0.717, 1.165) is 24.0 Å². The zero-order valence-electron chi connectivity index (χ0n) is 15.5. The summed E-state index contributed by atoms with van der Waals surface area (Å²) >= 11 is 0. The fraction of sp³-hybridized carbons (Fsp3) is 0.381. The molecule has 1 amide bonds. The summed E-state index contributed by atoms with van der Waals surface area (Å²) in [7, 11) is 3.22. The molecule has 0 fully saturated rings. The highest BCUT2D eigenvalue weighted by Crippen LogP contribution is 2.30. The van der Waals surface area contributed by atoms with Gasteiger partial charge in [0.2, 0.25) is 5.91 Å². The standard InChI is InChI=1S/C21H27NO3/c1-5-15-7-9-16(10-8-15)13-21(23)22-18(6-2)17-11-12-19(24-3)20(14-17)25-4/h7-12,14,18H,5-6,13H2,1-4H3,(H,22,23)/t18-/m0/s1. The van der Waals surface area contributed by atoms with Gasteiger partial charge in [0, 0.05) is 0 Å². The van der Waals surface area contributed by atoms with Gasteiger partial charge in [0.05, 0.1) is 26.7 Å². The number of amides is 1. The van der Waals surface area contributed by atoms with E-state index in [1.54, 1.807) is 14.2 Å².